The Morgan fingerprint density at radius 1 is 0.449 bits per heavy atom. The minimum atomic E-state index is -1.39. The molecule has 0 saturated carbocycles. The summed E-state index contributed by atoms with van der Waals surface area (Å²) in [5.41, 5.74) is -1.39. The summed E-state index contributed by atoms with van der Waals surface area (Å²) in [5, 5.41) is 42.1. The summed E-state index contributed by atoms with van der Waals surface area (Å²) < 4.78 is 0. The molecule has 0 spiro atoms. The molecule has 0 saturated heterocycles. The summed E-state index contributed by atoms with van der Waals surface area (Å²) in [5.74, 6) is -2.53. The Labute approximate surface area is 299 Å². The highest BCUT2D eigenvalue weighted by Crippen LogP contribution is 2.13. The van der Waals surface area contributed by atoms with E-state index in [1.165, 1.54) is 96.8 Å². The third-order valence-corrected chi connectivity index (χ3v) is 7.90. The first-order valence-electron chi connectivity index (χ1n) is 19.1. The second-order valence-electron chi connectivity index (χ2n) is 12.9. The van der Waals surface area contributed by atoms with Gasteiger partial charge in [0.1, 0.15) is 5.41 Å². The van der Waals surface area contributed by atoms with Crippen LogP contribution in [0.15, 0.2) is 48.6 Å². The number of carbonyl (C=O) groups is 3. The monoisotopic (exact) mass is 695 g/mol. The van der Waals surface area contributed by atoms with Gasteiger partial charge in [0.15, 0.2) is 0 Å². The fraction of sp³-hybridized carbons (Fsp3) is 0.732. The zero-order valence-electron chi connectivity index (χ0n) is 31.5. The maximum Gasteiger partial charge on any atom is 0.314 e. The predicted octanol–water partition coefficient (Wildman–Crippen LogP) is 10.8. The van der Waals surface area contributed by atoms with Crippen LogP contribution in [0.3, 0.4) is 0 Å². The Kier molecular flexibility index (Phi) is 42.9. The lowest BCUT2D eigenvalue weighted by molar-refractivity contribution is -0.153. The molecule has 0 aliphatic heterocycles. The lowest BCUT2D eigenvalue weighted by atomic mass is 9.94. The van der Waals surface area contributed by atoms with Crippen molar-refractivity contribution in [1.82, 2.24) is 0 Å². The van der Waals surface area contributed by atoms with Crippen LogP contribution in [0, 0.1) is 5.41 Å². The molecule has 0 aliphatic rings. The van der Waals surface area contributed by atoms with Crippen molar-refractivity contribution in [3.05, 3.63) is 48.6 Å². The molecular formula is C41H74O8. The second-order valence-corrected chi connectivity index (χ2v) is 12.9. The van der Waals surface area contributed by atoms with E-state index < -0.39 is 36.5 Å². The van der Waals surface area contributed by atoms with E-state index >= 15 is 0 Å². The molecule has 0 amide bonds. The number of aliphatic carboxylic acids is 3. The first kappa shape index (κ1) is 50.7. The Hall–Kier alpha value is -2.71. The Bertz CT molecular complexity index is 800. The Morgan fingerprint density at radius 3 is 0.980 bits per heavy atom. The highest BCUT2D eigenvalue weighted by atomic mass is 16.4. The van der Waals surface area contributed by atoms with Gasteiger partial charge in [-0.05, 0) is 84.0 Å². The van der Waals surface area contributed by atoms with Crippen LogP contribution >= 0.6 is 0 Å². The van der Waals surface area contributed by atoms with Crippen molar-refractivity contribution in [3.63, 3.8) is 0 Å². The van der Waals surface area contributed by atoms with Gasteiger partial charge in [0.25, 0.3) is 0 Å². The van der Waals surface area contributed by atoms with E-state index in [4.69, 9.17) is 25.5 Å². The number of rotatable bonds is 31. The minimum Gasteiger partial charge on any atom is -0.481 e. The number of unbranched alkanes of at least 4 members (excludes halogenated alkanes) is 16. The fourth-order valence-electron chi connectivity index (χ4n) is 4.36. The molecular weight excluding hydrogens is 620 g/mol. The molecule has 0 bridgehead atoms. The van der Waals surface area contributed by atoms with E-state index in [1.807, 2.05) is 0 Å². The number of hydrogen-bond acceptors (Lipinski definition) is 5. The van der Waals surface area contributed by atoms with Gasteiger partial charge in [-0.1, -0.05) is 127 Å². The normalized spacial score (nSPS) is 11.6. The van der Waals surface area contributed by atoms with Crippen molar-refractivity contribution >= 4 is 17.9 Å². The van der Waals surface area contributed by atoms with Crippen LogP contribution in [0.4, 0.5) is 0 Å². The number of aliphatic hydroxyl groups is 2. The first-order valence-corrected chi connectivity index (χ1v) is 19.1. The average molecular weight is 695 g/mol. The summed E-state index contributed by atoms with van der Waals surface area (Å²) >= 11 is 0. The smallest absolute Gasteiger partial charge is 0.314 e. The summed E-state index contributed by atoms with van der Waals surface area (Å²) in [6.07, 6.45) is 44.6. The maximum atomic E-state index is 10.3. The van der Waals surface area contributed by atoms with Gasteiger partial charge in [0.05, 0.1) is 13.2 Å². The number of aliphatic hydroxyl groups excluding tert-OH is 2. The zero-order chi connectivity index (χ0) is 37.3. The number of hydrogen-bond donors (Lipinski definition) is 5. The van der Waals surface area contributed by atoms with Gasteiger partial charge in [-0.15, -0.1) is 0 Å². The van der Waals surface area contributed by atoms with Crippen molar-refractivity contribution in [2.24, 2.45) is 5.41 Å². The van der Waals surface area contributed by atoms with E-state index in [0.717, 1.165) is 51.4 Å². The van der Waals surface area contributed by atoms with E-state index in [1.54, 1.807) is 0 Å². The standard InChI is InChI=1S/2C18H32O2.C5H10O4/c2*1-2-3-4-5-6-7-8-9-10-11-12-13-14-15-16-17-18(19)20;1-5(2-6,3-7)4(8)9/h2*6-7,9-10H,2-5,8,11-17H2,1H3,(H,19,20);6-7H,2-3H2,1H3,(H,8,9)/b2*7-6-,10-9-;. The van der Waals surface area contributed by atoms with Gasteiger partial charge < -0.3 is 25.5 Å². The van der Waals surface area contributed by atoms with Crippen LogP contribution in [-0.2, 0) is 14.4 Å². The lowest BCUT2D eigenvalue weighted by Gasteiger charge is -2.17. The molecule has 0 aromatic heterocycles. The molecule has 0 heterocycles. The summed E-state index contributed by atoms with van der Waals surface area (Å²) in [6.45, 7) is 4.66. The highest BCUT2D eigenvalue weighted by molar-refractivity contribution is 5.74. The first-order chi connectivity index (χ1) is 23.6. The SMILES string of the molecule is CC(CO)(CO)C(=O)O.CCCCC/C=C\C/C=C\CCCCCCCC(=O)O.CCCCC/C=C\C/C=C\CCCCCCCC(=O)O. The number of carboxylic acids is 3. The van der Waals surface area contributed by atoms with Crippen molar-refractivity contribution < 1.29 is 39.9 Å². The van der Waals surface area contributed by atoms with Crippen LogP contribution in [0.25, 0.3) is 0 Å². The Balaban J connectivity index is -0.000000695. The van der Waals surface area contributed by atoms with Gasteiger partial charge in [-0.2, -0.15) is 0 Å². The number of carboxylic acid groups (broad SMARTS) is 3. The summed E-state index contributed by atoms with van der Waals surface area (Å²) in [4.78, 5) is 30.8. The molecule has 5 N–H and O–H groups in total. The lowest BCUT2D eigenvalue weighted by Crippen LogP contribution is -2.35. The van der Waals surface area contributed by atoms with Gasteiger partial charge in [-0.25, -0.2) is 0 Å². The van der Waals surface area contributed by atoms with Gasteiger partial charge in [0, 0.05) is 12.8 Å². The van der Waals surface area contributed by atoms with Gasteiger partial charge in [-0.3, -0.25) is 14.4 Å². The van der Waals surface area contributed by atoms with Crippen LogP contribution in [-0.4, -0.2) is 56.7 Å². The molecule has 8 heteroatoms. The molecule has 0 radical (unpaired) electrons. The zero-order valence-corrected chi connectivity index (χ0v) is 31.5. The van der Waals surface area contributed by atoms with Crippen molar-refractivity contribution in [1.29, 1.82) is 0 Å². The topological polar surface area (TPSA) is 152 Å². The molecule has 0 aromatic carbocycles. The maximum absolute atomic E-state index is 10.3. The minimum absolute atomic E-state index is 0.324. The molecule has 0 rings (SSSR count). The molecule has 0 aromatic rings. The molecule has 286 valence electrons. The van der Waals surface area contributed by atoms with Crippen molar-refractivity contribution in [2.75, 3.05) is 13.2 Å². The largest absolute Gasteiger partial charge is 0.481 e. The van der Waals surface area contributed by atoms with Crippen LogP contribution in [0.2, 0.25) is 0 Å². The molecule has 0 aliphatic carbocycles. The molecule has 0 atom stereocenters. The van der Waals surface area contributed by atoms with Gasteiger partial charge >= 0.3 is 17.9 Å². The van der Waals surface area contributed by atoms with Gasteiger partial charge in [0.2, 0.25) is 0 Å². The quantitative estimate of drug-likeness (QED) is 0.0355. The Morgan fingerprint density at radius 2 is 0.735 bits per heavy atom. The highest BCUT2D eigenvalue weighted by Gasteiger charge is 2.31. The van der Waals surface area contributed by atoms with Crippen molar-refractivity contribution in [2.45, 2.75) is 175 Å². The third-order valence-electron chi connectivity index (χ3n) is 7.90. The van der Waals surface area contributed by atoms with E-state index in [9.17, 15) is 14.4 Å². The summed E-state index contributed by atoms with van der Waals surface area (Å²) in [6, 6.07) is 0. The summed E-state index contributed by atoms with van der Waals surface area (Å²) in [7, 11) is 0. The second kappa shape index (κ2) is 41.5. The fourth-order valence-corrected chi connectivity index (χ4v) is 4.36. The molecule has 49 heavy (non-hydrogen) atoms. The van der Waals surface area contributed by atoms with Crippen molar-refractivity contribution in [3.8, 4) is 0 Å². The third kappa shape index (κ3) is 45.3. The van der Waals surface area contributed by atoms with E-state index in [2.05, 4.69) is 62.5 Å². The average Bonchev–Trinajstić information content (AvgIpc) is 3.08. The van der Waals surface area contributed by atoms with E-state index in [-0.39, 0.29) is 0 Å². The number of allylic oxidation sites excluding steroid dienone is 8. The van der Waals surface area contributed by atoms with E-state index in [0.29, 0.717) is 12.8 Å². The predicted molar refractivity (Wildman–Crippen MR) is 204 cm³/mol. The van der Waals surface area contributed by atoms with Crippen LogP contribution < -0.4 is 0 Å². The van der Waals surface area contributed by atoms with Crippen LogP contribution in [0.5, 0.6) is 0 Å². The van der Waals surface area contributed by atoms with Crippen LogP contribution in [0.1, 0.15) is 175 Å². The molecule has 0 fully saturated rings. The molecule has 0 unspecified atom stereocenters. The molecule has 8 nitrogen and oxygen atoms in total.